The molecule has 0 spiro atoms. The zero-order chi connectivity index (χ0) is 27.1. The van der Waals surface area contributed by atoms with Gasteiger partial charge in [0.1, 0.15) is 45.9 Å². The van der Waals surface area contributed by atoms with E-state index >= 15 is 0 Å². The van der Waals surface area contributed by atoms with E-state index in [1.807, 2.05) is 0 Å². The molecule has 1 nitrogen and oxygen atoms in total. The maximum absolute atomic E-state index is 13.9. The van der Waals surface area contributed by atoms with Crippen molar-refractivity contribution in [1.82, 2.24) is 0 Å². The molecule has 0 saturated carbocycles. The van der Waals surface area contributed by atoms with Gasteiger partial charge in [-0.1, -0.05) is 24.3 Å². The van der Waals surface area contributed by atoms with Crippen molar-refractivity contribution in [3.63, 3.8) is 0 Å². The first-order valence-corrected chi connectivity index (χ1v) is 10.3. The lowest BCUT2D eigenvalue weighted by Gasteiger charge is -2.12. The minimum atomic E-state index is -5.19. The Labute approximate surface area is 202 Å². The fraction of sp³-hybridized carbons (Fsp3) is 0.0769. The number of hydrogen-bond donors (Lipinski definition) is 0. The molecule has 0 aliphatic carbocycles. The van der Waals surface area contributed by atoms with Crippen molar-refractivity contribution in [3.8, 4) is 33.8 Å². The summed E-state index contributed by atoms with van der Waals surface area (Å²) in [6.07, 6.45) is -10.4. The minimum absolute atomic E-state index is 0.130. The van der Waals surface area contributed by atoms with Gasteiger partial charge >= 0.3 is 12.4 Å². The number of rotatable bonds is 4. The Balaban J connectivity index is 1.51. The molecule has 0 aliphatic rings. The van der Waals surface area contributed by atoms with E-state index in [4.69, 9.17) is 4.74 Å². The Kier molecular flexibility index (Phi) is 6.66. The molecule has 0 amide bonds. The summed E-state index contributed by atoms with van der Waals surface area (Å²) in [5.74, 6) is -6.55. The molecule has 0 radical (unpaired) electrons. The number of benzene rings is 4. The van der Waals surface area contributed by atoms with Crippen molar-refractivity contribution in [3.05, 3.63) is 107 Å². The van der Waals surface area contributed by atoms with E-state index in [1.165, 1.54) is 48.5 Å². The Morgan fingerprint density at radius 2 is 0.676 bits per heavy atom. The maximum Gasteiger partial charge on any atom is 0.422 e. The van der Waals surface area contributed by atoms with E-state index in [9.17, 15) is 43.9 Å². The molecule has 0 atom stereocenters. The van der Waals surface area contributed by atoms with E-state index in [0.717, 1.165) is 0 Å². The third-order valence-electron chi connectivity index (χ3n) is 5.26. The third kappa shape index (κ3) is 5.55. The lowest BCUT2D eigenvalue weighted by atomic mass is 10.0. The van der Waals surface area contributed by atoms with Gasteiger partial charge in [0, 0.05) is 0 Å². The zero-order valence-electron chi connectivity index (χ0n) is 18.1. The molecule has 4 aromatic carbocycles. The highest BCUT2D eigenvalue weighted by Gasteiger charge is 2.38. The van der Waals surface area contributed by atoms with Gasteiger partial charge in [-0.05, 0) is 70.8 Å². The van der Waals surface area contributed by atoms with Gasteiger partial charge in [-0.25, -0.2) is 17.6 Å². The van der Waals surface area contributed by atoms with Gasteiger partial charge < -0.3 is 4.74 Å². The van der Waals surface area contributed by atoms with Crippen LogP contribution in [0, 0.1) is 23.3 Å². The molecular formula is C26H12F10O. The van der Waals surface area contributed by atoms with Crippen LogP contribution in [0.2, 0.25) is 0 Å². The van der Waals surface area contributed by atoms with Gasteiger partial charge in [0.15, 0.2) is 0 Å². The highest BCUT2D eigenvalue weighted by Crippen LogP contribution is 2.38. The normalized spacial score (nSPS) is 12.1. The highest BCUT2D eigenvalue weighted by atomic mass is 19.4. The van der Waals surface area contributed by atoms with Gasteiger partial charge in [-0.3, -0.25) is 0 Å². The Bertz CT molecular complexity index is 1280. The summed E-state index contributed by atoms with van der Waals surface area (Å²) in [6.45, 7) is 0. The quantitative estimate of drug-likeness (QED) is 0.239. The molecule has 4 aromatic rings. The molecule has 4 rings (SSSR count). The second kappa shape index (κ2) is 9.45. The molecule has 37 heavy (non-hydrogen) atoms. The lowest BCUT2D eigenvalue weighted by Crippen LogP contribution is -2.11. The predicted octanol–water partition coefficient (Wildman–Crippen LogP) is 9.41. The van der Waals surface area contributed by atoms with E-state index in [0.29, 0.717) is 24.3 Å². The fourth-order valence-corrected chi connectivity index (χ4v) is 3.59. The maximum atomic E-state index is 13.9. The van der Waals surface area contributed by atoms with Crippen molar-refractivity contribution in [2.45, 2.75) is 12.4 Å². The lowest BCUT2D eigenvalue weighted by molar-refractivity contribution is -0.143. The first-order chi connectivity index (χ1) is 17.2. The standard InChI is InChI=1S/C26H12F10O/c27-19-9-15(10-20(28)23(19)25(31,32)33)13-1-5-17(6-2-13)37-18-7-3-14(4-8-18)16-11-21(29)24(22(30)12-16)26(34,35)36/h1-12H. The van der Waals surface area contributed by atoms with Crippen LogP contribution >= 0.6 is 0 Å². The van der Waals surface area contributed by atoms with Crippen molar-refractivity contribution in [2.24, 2.45) is 0 Å². The predicted molar refractivity (Wildman–Crippen MR) is 114 cm³/mol. The highest BCUT2D eigenvalue weighted by molar-refractivity contribution is 5.66. The van der Waals surface area contributed by atoms with Crippen LogP contribution < -0.4 is 4.74 Å². The number of halogens is 10. The van der Waals surface area contributed by atoms with Crippen LogP contribution in [-0.4, -0.2) is 0 Å². The molecule has 0 N–H and O–H groups in total. The molecule has 0 aromatic heterocycles. The van der Waals surface area contributed by atoms with Crippen LogP contribution in [0.1, 0.15) is 11.1 Å². The second-order valence-corrected chi connectivity index (χ2v) is 7.78. The summed E-state index contributed by atoms with van der Waals surface area (Å²) in [6, 6.07) is 13.2. The molecule has 0 fully saturated rings. The molecular weight excluding hydrogens is 518 g/mol. The zero-order valence-corrected chi connectivity index (χ0v) is 18.1. The number of ether oxygens (including phenoxy) is 1. The van der Waals surface area contributed by atoms with Crippen LogP contribution in [0.4, 0.5) is 43.9 Å². The summed E-state index contributed by atoms with van der Waals surface area (Å²) in [7, 11) is 0. The van der Waals surface area contributed by atoms with Crippen LogP contribution in [0.3, 0.4) is 0 Å². The topological polar surface area (TPSA) is 9.23 Å². The largest absolute Gasteiger partial charge is 0.457 e. The minimum Gasteiger partial charge on any atom is -0.457 e. The SMILES string of the molecule is Fc1cc(-c2ccc(Oc3ccc(-c4cc(F)c(C(F)(F)F)c(F)c4)cc3)cc2)cc(F)c1C(F)(F)F. The van der Waals surface area contributed by atoms with Crippen LogP contribution in [0.5, 0.6) is 11.5 Å². The summed E-state index contributed by atoms with van der Waals surface area (Å²) in [4.78, 5) is 0. The van der Waals surface area contributed by atoms with Crippen LogP contribution in [0.15, 0.2) is 72.8 Å². The van der Waals surface area contributed by atoms with Crippen molar-refractivity contribution in [1.29, 1.82) is 0 Å². The molecule has 0 saturated heterocycles. The summed E-state index contributed by atoms with van der Waals surface area (Å²) >= 11 is 0. The van der Waals surface area contributed by atoms with E-state index in [-0.39, 0.29) is 33.8 Å². The monoisotopic (exact) mass is 530 g/mol. The molecule has 0 unspecified atom stereocenters. The average molecular weight is 530 g/mol. The summed E-state index contributed by atoms with van der Waals surface area (Å²) in [5, 5.41) is 0. The van der Waals surface area contributed by atoms with Crippen LogP contribution in [0.25, 0.3) is 22.3 Å². The third-order valence-corrected chi connectivity index (χ3v) is 5.26. The van der Waals surface area contributed by atoms with E-state index in [1.54, 1.807) is 0 Å². The molecule has 0 aliphatic heterocycles. The number of hydrogen-bond acceptors (Lipinski definition) is 1. The fourth-order valence-electron chi connectivity index (χ4n) is 3.59. The van der Waals surface area contributed by atoms with Crippen LogP contribution in [-0.2, 0) is 12.4 Å². The van der Waals surface area contributed by atoms with Crippen molar-refractivity contribution >= 4 is 0 Å². The molecule has 0 heterocycles. The molecule has 11 heteroatoms. The summed E-state index contributed by atoms with van der Waals surface area (Å²) in [5.41, 5.74) is -3.81. The molecule has 192 valence electrons. The van der Waals surface area contributed by atoms with Crippen molar-refractivity contribution < 1.29 is 48.6 Å². The van der Waals surface area contributed by atoms with Crippen molar-refractivity contribution in [2.75, 3.05) is 0 Å². The second-order valence-electron chi connectivity index (χ2n) is 7.78. The first kappa shape index (κ1) is 26.1. The Hall–Kier alpha value is -4.02. The van der Waals surface area contributed by atoms with Gasteiger partial charge in [0.2, 0.25) is 0 Å². The average Bonchev–Trinajstić information content (AvgIpc) is 2.77. The first-order valence-electron chi connectivity index (χ1n) is 10.3. The molecule has 0 bridgehead atoms. The van der Waals surface area contributed by atoms with Gasteiger partial charge in [-0.2, -0.15) is 26.3 Å². The Morgan fingerprint density at radius 3 is 0.919 bits per heavy atom. The van der Waals surface area contributed by atoms with Gasteiger partial charge in [0.25, 0.3) is 0 Å². The van der Waals surface area contributed by atoms with Gasteiger partial charge in [-0.15, -0.1) is 0 Å². The summed E-state index contributed by atoms with van der Waals surface area (Å²) < 4.78 is 137. The van der Waals surface area contributed by atoms with E-state index < -0.39 is 46.7 Å². The number of alkyl halides is 6. The van der Waals surface area contributed by atoms with Gasteiger partial charge in [0.05, 0.1) is 0 Å². The smallest absolute Gasteiger partial charge is 0.422 e. The Morgan fingerprint density at radius 1 is 0.405 bits per heavy atom. The van der Waals surface area contributed by atoms with E-state index in [2.05, 4.69) is 0 Å².